The predicted octanol–water partition coefficient (Wildman–Crippen LogP) is 3.46. The molecule has 0 aromatic carbocycles. The smallest absolute Gasteiger partial charge is 0.154 e. The number of anilines is 1. The Morgan fingerprint density at radius 1 is 1.16 bits per heavy atom. The van der Waals surface area contributed by atoms with Gasteiger partial charge < -0.3 is 14.4 Å². The summed E-state index contributed by atoms with van der Waals surface area (Å²) < 4.78 is 7.24. The number of nitrogens with one attached hydrogen (secondary N) is 1. The van der Waals surface area contributed by atoms with E-state index in [2.05, 4.69) is 35.4 Å². The zero-order chi connectivity index (χ0) is 17.4. The summed E-state index contributed by atoms with van der Waals surface area (Å²) in [5.41, 5.74) is 3.77. The van der Waals surface area contributed by atoms with Gasteiger partial charge in [0.1, 0.15) is 22.8 Å². The van der Waals surface area contributed by atoms with Gasteiger partial charge in [-0.15, -0.1) is 11.3 Å². The fourth-order valence-corrected chi connectivity index (χ4v) is 3.41. The standard InChI is InChI=1S/C17H18N6OS/c1-10-6-13(22-24-10)7-18-17-16-15(19-11(2)20-17)4-5-23(16)8-14-9-25-12(3)21-14/h4-6,9H,7-8H2,1-3H3,(H,18,19,20). The zero-order valence-corrected chi connectivity index (χ0v) is 15.1. The van der Waals surface area contributed by atoms with Crippen LogP contribution in [0.1, 0.15) is 28.0 Å². The maximum absolute atomic E-state index is 5.12. The van der Waals surface area contributed by atoms with Crippen molar-refractivity contribution in [2.45, 2.75) is 33.9 Å². The van der Waals surface area contributed by atoms with Crippen LogP contribution in [0.3, 0.4) is 0 Å². The first-order valence-corrected chi connectivity index (χ1v) is 8.87. The van der Waals surface area contributed by atoms with E-state index in [1.165, 1.54) is 0 Å². The van der Waals surface area contributed by atoms with E-state index in [0.717, 1.165) is 44.8 Å². The van der Waals surface area contributed by atoms with Crippen LogP contribution in [0.5, 0.6) is 0 Å². The third kappa shape index (κ3) is 3.25. The molecule has 0 aliphatic carbocycles. The Balaban J connectivity index is 1.67. The normalized spacial score (nSPS) is 11.3. The lowest BCUT2D eigenvalue weighted by molar-refractivity contribution is 0.391. The molecule has 0 amide bonds. The van der Waals surface area contributed by atoms with Crippen molar-refractivity contribution in [3.05, 3.63) is 51.7 Å². The number of nitrogens with zero attached hydrogens (tertiary/aromatic N) is 5. The Morgan fingerprint density at radius 3 is 2.76 bits per heavy atom. The summed E-state index contributed by atoms with van der Waals surface area (Å²) in [6.45, 7) is 7.03. The van der Waals surface area contributed by atoms with Crippen LogP contribution >= 0.6 is 11.3 Å². The molecule has 4 rings (SSSR count). The Labute approximate surface area is 148 Å². The Bertz CT molecular complexity index is 1030. The minimum Gasteiger partial charge on any atom is -0.362 e. The summed E-state index contributed by atoms with van der Waals surface area (Å²) >= 11 is 1.66. The Kier molecular flexibility index (Phi) is 3.96. The van der Waals surface area contributed by atoms with Gasteiger partial charge in [0, 0.05) is 17.6 Å². The van der Waals surface area contributed by atoms with Gasteiger partial charge in [-0.2, -0.15) is 0 Å². The van der Waals surface area contributed by atoms with Crippen LogP contribution in [0.2, 0.25) is 0 Å². The number of hydrogen-bond acceptors (Lipinski definition) is 7. The molecule has 0 atom stereocenters. The van der Waals surface area contributed by atoms with Gasteiger partial charge in [-0.3, -0.25) is 0 Å². The second-order valence-corrected chi connectivity index (χ2v) is 7.00. The molecule has 8 heteroatoms. The highest BCUT2D eigenvalue weighted by molar-refractivity contribution is 7.09. The molecule has 0 aliphatic rings. The van der Waals surface area contributed by atoms with E-state index >= 15 is 0 Å². The maximum atomic E-state index is 5.12. The first-order valence-electron chi connectivity index (χ1n) is 7.99. The van der Waals surface area contributed by atoms with Crippen molar-refractivity contribution in [2.75, 3.05) is 5.32 Å². The van der Waals surface area contributed by atoms with Crippen LogP contribution in [0.25, 0.3) is 11.0 Å². The second kappa shape index (κ2) is 6.29. The molecule has 0 fully saturated rings. The highest BCUT2D eigenvalue weighted by atomic mass is 32.1. The van der Waals surface area contributed by atoms with E-state index < -0.39 is 0 Å². The molecule has 0 radical (unpaired) electrons. The van der Waals surface area contributed by atoms with Gasteiger partial charge in [0.05, 0.1) is 29.3 Å². The zero-order valence-electron chi connectivity index (χ0n) is 14.3. The van der Waals surface area contributed by atoms with Crippen LogP contribution in [-0.2, 0) is 13.1 Å². The highest BCUT2D eigenvalue weighted by Gasteiger charge is 2.13. The van der Waals surface area contributed by atoms with Crippen molar-refractivity contribution in [2.24, 2.45) is 0 Å². The monoisotopic (exact) mass is 354 g/mol. The van der Waals surface area contributed by atoms with Crippen molar-refractivity contribution < 1.29 is 4.52 Å². The molecule has 0 bridgehead atoms. The van der Waals surface area contributed by atoms with Crippen molar-refractivity contribution in [3.8, 4) is 0 Å². The number of hydrogen-bond donors (Lipinski definition) is 1. The third-order valence-corrected chi connectivity index (χ3v) is 4.66. The minimum absolute atomic E-state index is 0.546. The molecule has 25 heavy (non-hydrogen) atoms. The van der Waals surface area contributed by atoms with Crippen LogP contribution in [0.15, 0.2) is 28.2 Å². The molecule has 0 spiro atoms. The molecule has 7 nitrogen and oxygen atoms in total. The summed E-state index contributed by atoms with van der Waals surface area (Å²) in [5.74, 6) is 2.32. The van der Waals surface area contributed by atoms with Gasteiger partial charge in [0.2, 0.25) is 0 Å². The lowest BCUT2D eigenvalue weighted by atomic mass is 10.3. The lowest BCUT2D eigenvalue weighted by Crippen LogP contribution is -2.07. The summed E-state index contributed by atoms with van der Waals surface area (Å²) in [6.07, 6.45) is 2.03. The first kappa shape index (κ1) is 15.8. The predicted molar refractivity (Wildman–Crippen MR) is 96.8 cm³/mol. The molecular formula is C17H18N6OS. The molecule has 0 aliphatic heterocycles. The van der Waals surface area contributed by atoms with Crippen molar-refractivity contribution >= 4 is 28.2 Å². The second-order valence-electron chi connectivity index (χ2n) is 5.94. The average Bonchev–Trinajstić information content (AvgIpc) is 3.27. The van der Waals surface area contributed by atoms with E-state index in [1.807, 2.05) is 39.1 Å². The largest absolute Gasteiger partial charge is 0.362 e. The fraction of sp³-hybridized carbons (Fsp3) is 0.294. The fourth-order valence-electron chi connectivity index (χ4n) is 2.81. The van der Waals surface area contributed by atoms with Gasteiger partial charge in [-0.25, -0.2) is 15.0 Å². The van der Waals surface area contributed by atoms with Crippen molar-refractivity contribution in [1.82, 2.24) is 24.7 Å². The van der Waals surface area contributed by atoms with Gasteiger partial charge in [-0.1, -0.05) is 5.16 Å². The van der Waals surface area contributed by atoms with Crippen molar-refractivity contribution in [3.63, 3.8) is 0 Å². The highest BCUT2D eigenvalue weighted by Crippen LogP contribution is 2.23. The maximum Gasteiger partial charge on any atom is 0.154 e. The summed E-state index contributed by atoms with van der Waals surface area (Å²) in [5, 5.41) is 10.5. The molecule has 0 saturated heterocycles. The van der Waals surface area contributed by atoms with E-state index in [9.17, 15) is 0 Å². The summed E-state index contributed by atoms with van der Waals surface area (Å²) in [6, 6.07) is 3.92. The van der Waals surface area contributed by atoms with Crippen LogP contribution in [0, 0.1) is 20.8 Å². The Hall–Kier alpha value is -2.74. The number of aromatic nitrogens is 5. The van der Waals surface area contributed by atoms with Gasteiger partial charge in [-0.05, 0) is 26.8 Å². The molecule has 4 heterocycles. The molecule has 4 aromatic heterocycles. The van der Waals surface area contributed by atoms with E-state index in [1.54, 1.807) is 11.3 Å². The minimum atomic E-state index is 0.546. The molecule has 1 N–H and O–H groups in total. The van der Waals surface area contributed by atoms with Crippen molar-refractivity contribution in [1.29, 1.82) is 0 Å². The van der Waals surface area contributed by atoms with Gasteiger partial charge >= 0.3 is 0 Å². The average molecular weight is 354 g/mol. The summed E-state index contributed by atoms with van der Waals surface area (Å²) in [7, 11) is 0. The number of aryl methyl sites for hydroxylation is 3. The van der Waals surface area contributed by atoms with E-state index in [0.29, 0.717) is 13.1 Å². The first-order chi connectivity index (χ1) is 12.1. The van der Waals surface area contributed by atoms with Gasteiger partial charge in [0.25, 0.3) is 0 Å². The number of fused-ring (bicyclic) bond motifs is 1. The summed E-state index contributed by atoms with van der Waals surface area (Å²) in [4.78, 5) is 13.7. The Morgan fingerprint density at radius 2 is 2.04 bits per heavy atom. The quantitative estimate of drug-likeness (QED) is 0.591. The van der Waals surface area contributed by atoms with Gasteiger partial charge in [0.15, 0.2) is 5.82 Å². The van der Waals surface area contributed by atoms with E-state index in [4.69, 9.17) is 4.52 Å². The lowest BCUT2D eigenvalue weighted by Gasteiger charge is -2.10. The van der Waals surface area contributed by atoms with Crippen LogP contribution in [-0.4, -0.2) is 24.7 Å². The van der Waals surface area contributed by atoms with Crippen LogP contribution < -0.4 is 5.32 Å². The third-order valence-electron chi connectivity index (χ3n) is 3.83. The number of rotatable bonds is 5. The topological polar surface area (TPSA) is 81.7 Å². The molecular weight excluding hydrogens is 336 g/mol. The molecule has 0 unspecified atom stereocenters. The SMILES string of the molecule is Cc1nc(NCc2cc(C)on2)c2c(ccn2Cc2csc(C)n2)n1. The molecule has 128 valence electrons. The number of thiazole rings is 1. The molecule has 4 aromatic rings. The van der Waals surface area contributed by atoms with E-state index in [-0.39, 0.29) is 0 Å². The molecule has 0 saturated carbocycles. The van der Waals surface area contributed by atoms with Crippen LogP contribution in [0.4, 0.5) is 5.82 Å².